The number of hydrogen-bond acceptors (Lipinski definition) is 4. The van der Waals surface area contributed by atoms with Crippen molar-refractivity contribution in [3.8, 4) is 0 Å². The first-order chi connectivity index (χ1) is 12.1. The summed E-state index contributed by atoms with van der Waals surface area (Å²) >= 11 is 0. The number of carbonyl (C=O) groups excluding carboxylic acids is 1. The Morgan fingerprint density at radius 3 is 2.68 bits per heavy atom. The predicted molar refractivity (Wildman–Crippen MR) is 95.0 cm³/mol. The molecule has 0 saturated heterocycles. The number of nitrogens with one attached hydrogen (secondary N) is 1. The number of para-hydroxylation sites is 1. The lowest BCUT2D eigenvalue weighted by atomic mass is 10.1. The number of nitrogens with zero attached hydrogens (tertiary/aromatic N) is 2. The summed E-state index contributed by atoms with van der Waals surface area (Å²) in [7, 11) is 0. The number of aromatic nitrogens is 2. The van der Waals surface area contributed by atoms with Crippen molar-refractivity contribution in [3.63, 3.8) is 0 Å². The molecule has 3 aromatic rings. The highest BCUT2D eigenvalue weighted by atomic mass is 16.3. The van der Waals surface area contributed by atoms with Gasteiger partial charge >= 0.3 is 0 Å². The van der Waals surface area contributed by atoms with Gasteiger partial charge in [-0.1, -0.05) is 36.4 Å². The molecule has 1 aromatic heterocycles. The topological polar surface area (TPSA) is 84.2 Å². The van der Waals surface area contributed by atoms with Crippen LogP contribution >= 0.6 is 0 Å². The summed E-state index contributed by atoms with van der Waals surface area (Å²) in [5.74, 6) is -0.288. The highest BCUT2D eigenvalue weighted by Gasteiger charge is 2.10. The van der Waals surface area contributed by atoms with E-state index >= 15 is 0 Å². The normalized spacial score (nSPS) is 10.8. The van der Waals surface area contributed by atoms with Crippen molar-refractivity contribution in [2.75, 3.05) is 0 Å². The number of fused-ring (bicyclic) bond motifs is 1. The van der Waals surface area contributed by atoms with Gasteiger partial charge in [0.05, 0.1) is 23.8 Å². The number of hydrogen-bond donors (Lipinski definition) is 2. The third kappa shape index (κ3) is 3.59. The molecule has 0 bridgehead atoms. The van der Waals surface area contributed by atoms with Gasteiger partial charge in [0.15, 0.2) is 0 Å². The Morgan fingerprint density at radius 1 is 1.16 bits per heavy atom. The van der Waals surface area contributed by atoms with E-state index in [1.807, 2.05) is 37.3 Å². The molecule has 0 spiro atoms. The van der Waals surface area contributed by atoms with E-state index < -0.39 is 0 Å². The van der Waals surface area contributed by atoms with Gasteiger partial charge in [0.25, 0.3) is 5.56 Å². The Labute approximate surface area is 144 Å². The van der Waals surface area contributed by atoms with Crippen molar-refractivity contribution in [1.29, 1.82) is 0 Å². The fourth-order valence-electron chi connectivity index (χ4n) is 2.74. The largest absolute Gasteiger partial charge is 0.392 e. The zero-order valence-corrected chi connectivity index (χ0v) is 13.9. The van der Waals surface area contributed by atoms with Crippen LogP contribution in [0.1, 0.15) is 16.7 Å². The molecule has 6 nitrogen and oxygen atoms in total. The van der Waals surface area contributed by atoms with Crippen LogP contribution in [0.5, 0.6) is 0 Å². The van der Waals surface area contributed by atoms with Crippen molar-refractivity contribution in [3.05, 3.63) is 75.8 Å². The molecule has 1 heterocycles. The number of aliphatic hydroxyl groups excluding tert-OH is 1. The van der Waals surface area contributed by atoms with Gasteiger partial charge in [0, 0.05) is 6.54 Å². The van der Waals surface area contributed by atoms with Crippen LogP contribution in [-0.4, -0.2) is 20.6 Å². The second-order valence-corrected chi connectivity index (χ2v) is 5.85. The van der Waals surface area contributed by atoms with Crippen LogP contribution in [-0.2, 0) is 24.5 Å². The van der Waals surface area contributed by atoms with E-state index in [4.69, 9.17) is 0 Å². The molecule has 2 N–H and O–H groups in total. The number of benzene rings is 2. The maximum atomic E-state index is 12.5. The number of carbonyl (C=O) groups is 1. The van der Waals surface area contributed by atoms with Crippen LogP contribution in [0.3, 0.4) is 0 Å². The first-order valence-electron chi connectivity index (χ1n) is 7.99. The van der Waals surface area contributed by atoms with Crippen LogP contribution in [0.25, 0.3) is 10.9 Å². The minimum Gasteiger partial charge on any atom is -0.392 e. The van der Waals surface area contributed by atoms with Crippen molar-refractivity contribution < 1.29 is 9.90 Å². The Bertz CT molecular complexity index is 979. The maximum Gasteiger partial charge on any atom is 0.261 e. The number of aryl methyl sites for hydroxylation is 1. The van der Waals surface area contributed by atoms with Crippen LogP contribution in [0.2, 0.25) is 0 Å². The van der Waals surface area contributed by atoms with E-state index in [-0.39, 0.29) is 24.6 Å². The van der Waals surface area contributed by atoms with Gasteiger partial charge in [-0.2, -0.15) is 0 Å². The minimum atomic E-state index is -0.288. The first kappa shape index (κ1) is 16.9. The maximum absolute atomic E-state index is 12.5. The molecule has 128 valence electrons. The van der Waals surface area contributed by atoms with E-state index in [1.165, 1.54) is 10.9 Å². The molecule has 0 saturated carbocycles. The molecule has 0 aliphatic rings. The summed E-state index contributed by atoms with van der Waals surface area (Å²) in [6, 6.07) is 12.7. The van der Waals surface area contributed by atoms with E-state index in [9.17, 15) is 14.7 Å². The highest BCUT2D eigenvalue weighted by molar-refractivity contribution is 5.81. The standard InChI is InChI=1S/C19H19N3O3/c1-13-5-4-8-16-18(13)21-12-22(19(16)25)10-17(24)20-9-14-6-2-3-7-15(14)11-23/h2-8,12,23H,9-11H2,1H3,(H,20,24). The number of amides is 1. The number of rotatable bonds is 5. The summed E-state index contributed by atoms with van der Waals surface area (Å²) in [4.78, 5) is 29.0. The zero-order valence-electron chi connectivity index (χ0n) is 13.9. The van der Waals surface area contributed by atoms with Crippen molar-refractivity contribution >= 4 is 16.8 Å². The lowest BCUT2D eigenvalue weighted by Crippen LogP contribution is -2.32. The molecule has 0 unspecified atom stereocenters. The number of aliphatic hydroxyl groups is 1. The molecule has 25 heavy (non-hydrogen) atoms. The molecule has 1 amide bonds. The second-order valence-electron chi connectivity index (χ2n) is 5.85. The molecule has 0 aliphatic heterocycles. The highest BCUT2D eigenvalue weighted by Crippen LogP contribution is 2.11. The summed E-state index contributed by atoms with van der Waals surface area (Å²) in [5.41, 5.74) is 2.95. The molecule has 0 aliphatic carbocycles. The van der Waals surface area contributed by atoms with E-state index in [0.29, 0.717) is 17.4 Å². The van der Waals surface area contributed by atoms with E-state index in [0.717, 1.165) is 16.7 Å². The second kappa shape index (κ2) is 7.27. The summed E-state index contributed by atoms with van der Waals surface area (Å²) in [6.45, 7) is 2.01. The zero-order chi connectivity index (χ0) is 17.8. The van der Waals surface area contributed by atoms with Gasteiger partial charge in [0.1, 0.15) is 6.54 Å². The molecule has 0 fully saturated rings. The summed E-state index contributed by atoms with van der Waals surface area (Å²) < 4.78 is 1.30. The monoisotopic (exact) mass is 337 g/mol. The molecular weight excluding hydrogens is 318 g/mol. The van der Waals surface area contributed by atoms with E-state index in [1.54, 1.807) is 12.1 Å². The van der Waals surface area contributed by atoms with Crippen molar-refractivity contribution in [2.45, 2.75) is 26.6 Å². The third-order valence-corrected chi connectivity index (χ3v) is 4.13. The van der Waals surface area contributed by atoms with Gasteiger partial charge in [-0.05, 0) is 29.7 Å². The van der Waals surface area contributed by atoms with Crippen LogP contribution < -0.4 is 10.9 Å². The quantitative estimate of drug-likeness (QED) is 0.739. The molecule has 3 rings (SSSR count). The average molecular weight is 337 g/mol. The van der Waals surface area contributed by atoms with Gasteiger partial charge in [0.2, 0.25) is 5.91 Å². The third-order valence-electron chi connectivity index (χ3n) is 4.13. The van der Waals surface area contributed by atoms with Crippen LogP contribution in [0.15, 0.2) is 53.6 Å². The van der Waals surface area contributed by atoms with Gasteiger partial charge < -0.3 is 10.4 Å². The van der Waals surface area contributed by atoms with E-state index in [2.05, 4.69) is 10.3 Å². The lowest BCUT2D eigenvalue weighted by Gasteiger charge is -2.10. The SMILES string of the molecule is Cc1cccc2c(=O)n(CC(=O)NCc3ccccc3CO)cnc12. The molecule has 2 aromatic carbocycles. The van der Waals surface area contributed by atoms with Crippen molar-refractivity contribution in [2.24, 2.45) is 0 Å². The Balaban J connectivity index is 1.74. The summed E-state index contributed by atoms with van der Waals surface area (Å²) in [6.07, 6.45) is 1.40. The smallest absolute Gasteiger partial charge is 0.261 e. The molecular formula is C19H19N3O3. The fourth-order valence-corrected chi connectivity index (χ4v) is 2.74. The Hall–Kier alpha value is -2.99. The van der Waals surface area contributed by atoms with Gasteiger partial charge in [-0.25, -0.2) is 4.98 Å². The van der Waals surface area contributed by atoms with Gasteiger partial charge in [-0.3, -0.25) is 14.2 Å². The lowest BCUT2D eigenvalue weighted by molar-refractivity contribution is -0.121. The van der Waals surface area contributed by atoms with Gasteiger partial charge in [-0.15, -0.1) is 0 Å². The minimum absolute atomic E-state index is 0.0839. The molecule has 0 radical (unpaired) electrons. The van der Waals surface area contributed by atoms with Crippen LogP contribution in [0.4, 0.5) is 0 Å². The average Bonchev–Trinajstić information content (AvgIpc) is 2.63. The molecule has 0 atom stereocenters. The van der Waals surface area contributed by atoms with Crippen LogP contribution in [0, 0.1) is 6.92 Å². The summed E-state index contributed by atoms with van der Waals surface area (Å²) in [5, 5.41) is 12.6. The van der Waals surface area contributed by atoms with Crippen molar-refractivity contribution in [1.82, 2.24) is 14.9 Å². The predicted octanol–water partition coefficient (Wildman–Crippen LogP) is 1.51. The Morgan fingerprint density at radius 2 is 1.92 bits per heavy atom. The Kier molecular flexibility index (Phi) is 4.90. The fraction of sp³-hybridized carbons (Fsp3) is 0.211. The first-order valence-corrected chi connectivity index (χ1v) is 7.99. The molecule has 6 heteroatoms.